The maximum Gasteiger partial charge on any atom is 0.261 e. The highest BCUT2D eigenvalue weighted by Gasteiger charge is 2.27. The number of aryl methyl sites for hydroxylation is 1. The van der Waals surface area contributed by atoms with E-state index in [0.29, 0.717) is 23.7 Å². The van der Waals surface area contributed by atoms with E-state index >= 15 is 0 Å². The maximum atomic E-state index is 12.7. The molecular weight excluding hydrogens is 362 g/mol. The van der Waals surface area contributed by atoms with Gasteiger partial charge in [-0.15, -0.1) is 0 Å². The molecule has 0 amide bonds. The van der Waals surface area contributed by atoms with Crippen molar-refractivity contribution in [1.29, 1.82) is 0 Å². The number of aliphatic imine (C=N–C) groups is 1. The summed E-state index contributed by atoms with van der Waals surface area (Å²) in [6.45, 7) is 6.35. The molecule has 1 aromatic carbocycles. The molecule has 29 heavy (non-hydrogen) atoms. The van der Waals surface area contributed by atoms with Crippen LogP contribution >= 0.6 is 0 Å². The minimum atomic E-state index is -0.00527. The van der Waals surface area contributed by atoms with Gasteiger partial charge in [0, 0.05) is 42.7 Å². The van der Waals surface area contributed by atoms with Gasteiger partial charge in [0.2, 0.25) is 0 Å². The zero-order valence-corrected chi connectivity index (χ0v) is 16.7. The van der Waals surface area contributed by atoms with E-state index in [1.807, 2.05) is 19.2 Å². The van der Waals surface area contributed by atoms with Crippen molar-refractivity contribution < 1.29 is 0 Å². The summed E-state index contributed by atoms with van der Waals surface area (Å²) < 4.78 is 1.78. The van der Waals surface area contributed by atoms with Gasteiger partial charge in [0.05, 0.1) is 17.4 Å². The molecule has 0 spiro atoms. The van der Waals surface area contributed by atoms with Crippen LogP contribution in [0, 0.1) is 12.8 Å². The van der Waals surface area contributed by atoms with Gasteiger partial charge < -0.3 is 9.47 Å². The van der Waals surface area contributed by atoms with E-state index in [4.69, 9.17) is 4.99 Å². The molecule has 3 aromatic rings. The number of benzene rings is 1. The molecule has 2 aliphatic rings. The van der Waals surface area contributed by atoms with Crippen LogP contribution < -0.4 is 5.56 Å². The minimum Gasteiger partial charge on any atom is -0.314 e. The van der Waals surface area contributed by atoms with E-state index in [1.54, 1.807) is 10.8 Å². The fourth-order valence-corrected chi connectivity index (χ4v) is 4.53. The van der Waals surface area contributed by atoms with E-state index < -0.39 is 0 Å². The Labute approximate surface area is 169 Å². The first kappa shape index (κ1) is 18.2. The Hall–Kier alpha value is -2.86. The van der Waals surface area contributed by atoms with Gasteiger partial charge in [-0.05, 0) is 44.5 Å². The molecule has 0 bridgehead atoms. The lowest BCUT2D eigenvalue weighted by atomic mass is 9.88. The number of hydrogen-bond donors (Lipinski definition) is 0. The standard InChI is InChI=1S/C23H25N5O/c1-16-24-15-20-21(26-16)8-11-28(23(20)29)13-12-27-9-6-17(7-10-27)22-19-5-3-2-4-18(19)14-25-22/h2-5,8,11,15,17H,6-7,9-10,12-14H2,1H3. The average molecular weight is 387 g/mol. The summed E-state index contributed by atoms with van der Waals surface area (Å²) in [6, 6.07) is 10.5. The van der Waals surface area contributed by atoms with E-state index in [9.17, 15) is 4.79 Å². The van der Waals surface area contributed by atoms with Crippen LogP contribution in [-0.2, 0) is 13.1 Å². The highest BCUT2D eigenvalue weighted by Crippen LogP contribution is 2.28. The molecular formula is C23H25N5O. The van der Waals surface area contributed by atoms with Crippen LogP contribution in [0.4, 0.5) is 0 Å². The molecule has 0 radical (unpaired) electrons. The Bertz CT molecular complexity index is 1140. The predicted octanol–water partition coefficient (Wildman–Crippen LogP) is 2.81. The molecule has 2 aromatic heterocycles. The lowest BCUT2D eigenvalue weighted by Gasteiger charge is -2.32. The molecule has 5 rings (SSSR count). The molecule has 4 heterocycles. The second kappa shape index (κ2) is 7.52. The van der Waals surface area contributed by atoms with Gasteiger partial charge in [-0.3, -0.25) is 9.79 Å². The van der Waals surface area contributed by atoms with Gasteiger partial charge in [-0.2, -0.15) is 0 Å². The second-order valence-corrected chi connectivity index (χ2v) is 8.00. The molecule has 0 aliphatic carbocycles. The van der Waals surface area contributed by atoms with E-state index in [2.05, 4.69) is 39.1 Å². The van der Waals surface area contributed by atoms with Gasteiger partial charge in [0.1, 0.15) is 5.82 Å². The number of aromatic nitrogens is 3. The zero-order valence-electron chi connectivity index (χ0n) is 16.7. The second-order valence-electron chi connectivity index (χ2n) is 8.00. The first-order chi connectivity index (χ1) is 14.2. The molecule has 148 valence electrons. The van der Waals surface area contributed by atoms with Crippen molar-refractivity contribution in [3.05, 3.63) is 70.0 Å². The van der Waals surface area contributed by atoms with Crippen LogP contribution in [0.1, 0.15) is 29.8 Å². The maximum absolute atomic E-state index is 12.7. The lowest BCUT2D eigenvalue weighted by molar-refractivity contribution is 0.202. The Morgan fingerprint density at radius 1 is 1.10 bits per heavy atom. The summed E-state index contributed by atoms with van der Waals surface area (Å²) in [5, 5.41) is 0.592. The van der Waals surface area contributed by atoms with E-state index in [-0.39, 0.29) is 5.56 Å². The van der Waals surface area contributed by atoms with Crippen molar-refractivity contribution in [1.82, 2.24) is 19.4 Å². The van der Waals surface area contributed by atoms with Gasteiger partial charge in [0.15, 0.2) is 0 Å². The Morgan fingerprint density at radius 2 is 1.93 bits per heavy atom. The van der Waals surface area contributed by atoms with Crippen LogP contribution in [0.3, 0.4) is 0 Å². The quantitative estimate of drug-likeness (QED) is 0.691. The first-order valence-corrected chi connectivity index (χ1v) is 10.4. The van der Waals surface area contributed by atoms with Gasteiger partial charge in [0.25, 0.3) is 5.56 Å². The topological polar surface area (TPSA) is 63.4 Å². The molecule has 0 N–H and O–H groups in total. The Morgan fingerprint density at radius 3 is 2.79 bits per heavy atom. The molecule has 0 saturated carbocycles. The van der Waals surface area contributed by atoms with Crippen LogP contribution in [0.15, 0.2) is 52.5 Å². The number of hydrogen-bond acceptors (Lipinski definition) is 5. The van der Waals surface area contributed by atoms with Crippen molar-refractivity contribution in [2.75, 3.05) is 19.6 Å². The molecule has 2 aliphatic heterocycles. The van der Waals surface area contributed by atoms with Crippen molar-refractivity contribution in [2.45, 2.75) is 32.9 Å². The summed E-state index contributed by atoms with van der Waals surface area (Å²) in [4.78, 5) is 28.5. The Kier molecular flexibility index (Phi) is 4.72. The van der Waals surface area contributed by atoms with Crippen molar-refractivity contribution in [3.63, 3.8) is 0 Å². The largest absolute Gasteiger partial charge is 0.314 e. The number of likely N-dealkylation sites (tertiary alicyclic amines) is 1. The van der Waals surface area contributed by atoms with Gasteiger partial charge in [-0.25, -0.2) is 9.97 Å². The third-order valence-electron chi connectivity index (χ3n) is 6.19. The third kappa shape index (κ3) is 3.49. The zero-order chi connectivity index (χ0) is 19.8. The monoisotopic (exact) mass is 387 g/mol. The van der Waals surface area contributed by atoms with E-state index in [0.717, 1.165) is 44.5 Å². The molecule has 0 unspecified atom stereocenters. The first-order valence-electron chi connectivity index (χ1n) is 10.4. The van der Waals surface area contributed by atoms with Gasteiger partial charge >= 0.3 is 0 Å². The number of pyridine rings is 1. The van der Waals surface area contributed by atoms with Crippen molar-refractivity contribution in [2.24, 2.45) is 10.9 Å². The van der Waals surface area contributed by atoms with Gasteiger partial charge in [-0.1, -0.05) is 24.3 Å². The minimum absolute atomic E-state index is 0.00527. The molecule has 0 atom stereocenters. The van der Waals surface area contributed by atoms with Crippen LogP contribution in [-0.4, -0.2) is 44.8 Å². The normalized spacial score (nSPS) is 17.5. The summed E-state index contributed by atoms with van der Waals surface area (Å²) in [6.07, 6.45) is 5.76. The number of piperidine rings is 1. The summed E-state index contributed by atoms with van der Waals surface area (Å²) in [7, 11) is 0. The molecule has 1 saturated heterocycles. The fourth-order valence-electron chi connectivity index (χ4n) is 4.53. The van der Waals surface area contributed by atoms with Crippen LogP contribution in [0.5, 0.6) is 0 Å². The SMILES string of the molecule is Cc1ncc2c(=O)n(CCN3CCC(C4=NCc5ccccc54)CC3)ccc2n1. The number of fused-ring (bicyclic) bond motifs is 2. The summed E-state index contributed by atoms with van der Waals surface area (Å²) in [5.41, 5.74) is 4.73. The Balaban J connectivity index is 1.21. The summed E-state index contributed by atoms with van der Waals surface area (Å²) >= 11 is 0. The average Bonchev–Trinajstić information content (AvgIpc) is 3.18. The van der Waals surface area contributed by atoms with Crippen molar-refractivity contribution in [3.8, 4) is 0 Å². The van der Waals surface area contributed by atoms with Crippen LogP contribution in [0.25, 0.3) is 10.9 Å². The molecule has 6 nitrogen and oxygen atoms in total. The predicted molar refractivity (Wildman–Crippen MR) is 114 cm³/mol. The van der Waals surface area contributed by atoms with Crippen LogP contribution in [0.2, 0.25) is 0 Å². The smallest absolute Gasteiger partial charge is 0.261 e. The van der Waals surface area contributed by atoms with E-state index in [1.165, 1.54) is 16.8 Å². The highest BCUT2D eigenvalue weighted by atomic mass is 16.1. The summed E-state index contributed by atoms with van der Waals surface area (Å²) in [5.74, 6) is 1.24. The number of nitrogens with zero attached hydrogens (tertiary/aromatic N) is 5. The lowest BCUT2D eigenvalue weighted by Crippen LogP contribution is -2.39. The molecule has 6 heteroatoms. The molecule has 1 fully saturated rings. The third-order valence-corrected chi connectivity index (χ3v) is 6.19. The fraction of sp³-hybridized carbons (Fsp3) is 0.391. The number of rotatable bonds is 4. The van der Waals surface area contributed by atoms with Crippen molar-refractivity contribution >= 4 is 16.6 Å². The highest BCUT2D eigenvalue weighted by molar-refractivity contribution is 6.05.